The molecule has 0 amide bonds. The normalized spacial score (nSPS) is 15.0. The average Bonchev–Trinajstić information content (AvgIpc) is 0.811. The van der Waals surface area contributed by atoms with Gasteiger partial charge in [0.25, 0.3) is 0 Å². The van der Waals surface area contributed by atoms with Crippen LogP contribution >= 0.6 is 2.77 Å². The van der Waals surface area contributed by atoms with Gasteiger partial charge in [-0.25, -0.2) is 0 Å². The van der Waals surface area contributed by atoms with Crippen LogP contribution in [0.4, 0.5) is 0 Å². The van der Waals surface area contributed by atoms with Gasteiger partial charge in [-0.1, -0.05) is 0 Å². The molecule has 0 saturated heterocycles. The Labute approximate surface area is 50.5 Å². The SMILES string of the molecule is O=[PH]([O-])[Ce]. The number of hydrogen-bond acceptors (Lipinski definition) is 2. The molecule has 0 fully saturated rings. The average molecular weight is 204 g/mol. The van der Waals surface area contributed by atoms with Gasteiger partial charge in [-0.2, -0.15) is 0 Å². The van der Waals surface area contributed by atoms with Crippen molar-refractivity contribution in [3.63, 3.8) is 0 Å². The molecule has 0 aliphatic heterocycles. The molecule has 0 aromatic rings. The third-order valence-electron chi connectivity index (χ3n) is 0. The fraction of sp³-hybridized carbons (Fsp3) is 0. The Morgan fingerprint density at radius 3 is 2.00 bits per heavy atom. The zero-order valence-corrected chi connectivity index (χ0v) is 5.96. The quantitative estimate of drug-likeness (QED) is 0.489. The molecule has 0 radical (unpaired) electrons. The van der Waals surface area contributed by atoms with Crippen LogP contribution < -0.4 is 4.89 Å². The molecule has 0 saturated carbocycles. The van der Waals surface area contributed by atoms with E-state index in [1.165, 1.54) is 0 Å². The van der Waals surface area contributed by atoms with Gasteiger partial charge >= 0.3 is 51.1 Å². The Morgan fingerprint density at radius 2 is 2.00 bits per heavy atom. The Hall–Kier alpha value is 1.57. The van der Waals surface area contributed by atoms with Gasteiger partial charge in [-0.15, -0.1) is 0 Å². The van der Waals surface area contributed by atoms with E-state index in [2.05, 4.69) is 0 Å². The van der Waals surface area contributed by atoms with E-state index in [1.54, 1.807) is 0 Å². The molecule has 4 heavy (non-hydrogen) atoms. The van der Waals surface area contributed by atoms with Crippen molar-refractivity contribution in [2.24, 2.45) is 0 Å². The van der Waals surface area contributed by atoms with Gasteiger partial charge < -0.3 is 0 Å². The Balaban J connectivity index is 2.80. The second-order valence-corrected chi connectivity index (χ2v) is 4.71. The van der Waals surface area contributed by atoms with Crippen LogP contribution in [0.15, 0.2) is 0 Å². The summed E-state index contributed by atoms with van der Waals surface area (Å²) in [6.07, 6.45) is 0. The van der Waals surface area contributed by atoms with Crippen LogP contribution in [-0.2, 0) is 4.57 Å². The molecule has 0 aromatic carbocycles. The molecular weight excluding hydrogens is 203 g/mol. The van der Waals surface area contributed by atoms with Crippen molar-refractivity contribution in [1.82, 2.24) is 0 Å². The summed E-state index contributed by atoms with van der Waals surface area (Å²) < 4.78 is 6.90. The predicted molar refractivity (Wildman–Crippen MR) is 9.00 cm³/mol. The topological polar surface area (TPSA) is 40.1 Å². The van der Waals surface area contributed by atoms with Crippen molar-refractivity contribution in [2.45, 2.75) is 0 Å². The maximum atomic E-state index is 9.14. The van der Waals surface area contributed by atoms with Crippen LogP contribution in [0.2, 0.25) is 0 Å². The van der Waals surface area contributed by atoms with E-state index in [0.717, 1.165) is 0 Å². The standard InChI is InChI=1S/Ce.HO2P/c;1-3-2/h;3H/q-1;. The van der Waals surface area contributed by atoms with Crippen molar-refractivity contribution in [2.75, 3.05) is 0 Å². The first-order chi connectivity index (χ1) is 1.73. The third-order valence-corrected chi connectivity index (χ3v) is 0. The van der Waals surface area contributed by atoms with E-state index >= 15 is 0 Å². The Kier molecular flexibility index (Phi) is 3.88. The van der Waals surface area contributed by atoms with Crippen molar-refractivity contribution in [3.8, 4) is 0 Å². The summed E-state index contributed by atoms with van der Waals surface area (Å²) in [7, 11) is 0. The summed E-state index contributed by atoms with van der Waals surface area (Å²) in [4.78, 5) is 9.14. The fourth-order valence-electron chi connectivity index (χ4n) is 0. The van der Waals surface area contributed by atoms with E-state index in [-0.39, 0.29) is 0 Å². The van der Waals surface area contributed by atoms with Crippen LogP contribution in [-0.4, -0.2) is 0 Å². The van der Waals surface area contributed by atoms with E-state index in [1.807, 2.05) is 0 Å². The van der Waals surface area contributed by atoms with Crippen molar-refractivity contribution in [1.29, 1.82) is 0 Å². The van der Waals surface area contributed by atoms with Crippen molar-refractivity contribution < 1.29 is 48.3 Å². The van der Waals surface area contributed by atoms with Crippen LogP contribution in [0.1, 0.15) is 0 Å². The molecule has 0 aliphatic carbocycles. The second kappa shape index (κ2) is 2.79. The summed E-state index contributed by atoms with van der Waals surface area (Å²) in [5.41, 5.74) is 0. The van der Waals surface area contributed by atoms with Gasteiger partial charge in [0.05, 0.1) is 0 Å². The molecule has 1 unspecified atom stereocenters. The molecule has 1 atom stereocenters. The molecular formula is HCeO2P-. The predicted octanol–water partition coefficient (Wildman–Crippen LogP) is -0.714. The summed E-state index contributed by atoms with van der Waals surface area (Å²) in [5, 5.41) is 0. The fourth-order valence-corrected chi connectivity index (χ4v) is 0. The van der Waals surface area contributed by atoms with E-state index in [4.69, 9.17) is 9.46 Å². The van der Waals surface area contributed by atoms with Crippen molar-refractivity contribution >= 4 is 2.77 Å². The van der Waals surface area contributed by atoms with Gasteiger partial charge in [-0.3, -0.25) is 0 Å². The minimum atomic E-state index is -2.24. The van der Waals surface area contributed by atoms with E-state index < -0.39 is 2.77 Å². The molecule has 23 valence electrons. The Morgan fingerprint density at radius 1 is 2.00 bits per heavy atom. The van der Waals surface area contributed by atoms with Gasteiger partial charge in [0.2, 0.25) is 0 Å². The molecule has 0 spiro atoms. The molecule has 0 rings (SSSR count). The summed E-state index contributed by atoms with van der Waals surface area (Å²) in [6, 6.07) is 0. The van der Waals surface area contributed by atoms with Crippen LogP contribution in [0.5, 0.6) is 0 Å². The minimum absolute atomic E-state index is 0.340. The summed E-state index contributed by atoms with van der Waals surface area (Å²) in [6.45, 7) is 0. The second-order valence-electron chi connectivity index (χ2n) is 0.287. The first-order valence-electron chi connectivity index (χ1n) is 0.658. The molecule has 0 aromatic heterocycles. The van der Waals surface area contributed by atoms with Gasteiger partial charge in [0, 0.05) is 0 Å². The zero-order chi connectivity index (χ0) is 3.58. The molecule has 2 nitrogen and oxygen atoms in total. The molecule has 0 bridgehead atoms. The maximum absolute atomic E-state index is 9.14. The van der Waals surface area contributed by atoms with E-state index in [9.17, 15) is 0 Å². The third kappa shape index (κ3) is 9.57. The molecule has 0 heterocycles. The first kappa shape index (κ1) is 5.57. The number of rotatable bonds is 0. The molecule has 0 N–H and O–H groups in total. The Bertz CT molecular complexity index is 29.0. The van der Waals surface area contributed by atoms with Gasteiger partial charge in [0.1, 0.15) is 0 Å². The van der Waals surface area contributed by atoms with E-state index in [0.29, 0.717) is 38.9 Å². The van der Waals surface area contributed by atoms with Crippen LogP contribution in [0.3, 0.4) is 0 Å². The van der Waals surface area contributed by atoms with Crippen LogP contribution in [0.25, 0.3) is 0 Å². The van der Waals surface area contributed by atoms with Crippen LogP contribution in [0, 0.1) is 38.9 Å². The number of hydrogen-bond donors (Lipinski definition) is 0. The summed E-state index contributed by atoms with van der Waals surface area (Å²) >= 11 is 0.340. The monoisotopic (exact) mass is 204 g/mol. The zero-order valence-electron chi connectivity index (χ0n) is 1.82. The van der Waals surface area contributed by atoms with Gasteiger partial charge in [0.15, 0.2) is 0 Å². The molecule has 0 aliphatic rings. The van der Waals surface area contributed by atoms with Crippen molar-refractivity contribution in [3.05, 3.63) is 0 Å². The first-order valence-corrected chi connectivity index (χ1v) is 6.68. The molecule has 4 heteroatoms. The summed E-state index contributed by atoms with van der Waals surface area (Å²) in [5.74, 6) is 0. The van der Waals surface area contributed by atoms with Gasteiger partial charge in [-0.05, 0) is 0 Å².